The first-order valence-electron chi connectivity index (χ1n) is 10.9. The molecular weight excluding hydrogens is 416 g/mol. The van der Waals surface area contributed by atoms with Gasteiger partial charge in [0.25, 0.3) is 0 Å². The van der Waals surface area contributed by atoms with Crippen molar-refractivity contribution >= 4 is 11.6 Å². The molecule has 0 fully saturated rings. The van der Waals surface area contributed by atoms with Gasteiger partial charge in [0, 0.05) is 54.4 Å². The fourth-order valence-electron chi connectivity index (χ4n) is 4.47. The van der Waals surface area contributed by atoms with Crippen LogP contribution in [0.4, 0.5) is 5.82 Å². The van der Waals surface area contributed by atoms with Crippen molar-refractivity contribution in [2.45, 2.75) is 26.4 Å². The highest BCUT2D eigenvalue weighted by Gasteiger charge is 2.30. The van der Waals surface area contributed by atoms with Crippen molar-refractivity contribution in [3.8, 4) is 22.9 Å². The number of ether oxygens (including phenoxy) is 1. The first-order valence-corrected chi connectivity index (χ1v) is 10.9. The second-order valence-electron chi connectivity index (χ2n) is 8.89. The minimum Gasteiger partial charge on any atom is -0.482 e. The lowest BCUT2D eigenvalue weighted by Gasteiger charge is -2.24. The highest BCUT2D eigenvalue weighted by Crippen LogP contribution is 2.36. The standard InChI is InChI=1S/C25H28N6O2/c1-14-6-7-18-19(8-14)15(2)33-22-10-16(12-28-25(22)27)23-20(29-31(5)21(23)11-26)9-17(24(18)32)13-30(3)4/h6-8,10,12,15,17H,9,13H2,1-5H3,(H2,27,28)/t15-,17?/m1/s1. The zero-order valence-corrected chi connectivity index (χ0v) is 19.6. The van der Waals surface area contributed by atoms with Crippen molar-refractivity contribution in [1.29, 1.82) is 5.26 Å². The molecule has 0 aliphatic carbocycles. The molecule has 0 saturated carbocycles. The summed E-state index contributed by atoms with van der Waals surface area (Å²) >= 11 is 0. The first-order chi connectivity index (χ1) is 15.7. The van der Waals surface area contributed by atoms with Gasteiger partial charge in [0.2, 0.25) is 0 Å². The number of nitrogens with zero attached hydrogens (tertiary/aromatic N) is 5. The Morgan fingerprint density at radius 1 is 1.33 bits per heavy atom. The van der Waals surface area contributed by atoms with Gasteiger partial charge >= 0.3 is 0 Å². The predicted molar refractivity (Wildman–Crippen MR) is 126 cm³/mol. The average Bonchev–Trinajstić information content (AvgIpc) is 3.08. The van der Waals surface area contributed by atoms with E-state index in [-0.39, 0.29) is 17.5 Å². The van der Waals surface area contributed by atoms with Crippen LogP contribution in [0.5, 0.6) is 5.75 Å². The van der Waals surface area contributed by atoms with E-state index in [4.69, 9.17) is 10.5 Å². The molecule has 2 N–H and O–H groups in total. The Labute approximate surface area is 193 Å². The first kappa shape index (κ1) is 22.5. The van der Waals surface area contributed by atoms with Crippen molar-refractivity contribution in [2.75, 3.05) is 26.4 Å². The number of Topliss-reactive ketones (excluding diaryl/α,β-unsaturated/α-hetero) is 1. The summed E-state index contributed by atoms with van der Waals surface area (Å²) in [5.74, 6) is 0.329. The third-order valence-corrected chi connectivity index (χ3v) is 6.01. The van der Waals surface area contributed by atoms with Crippen LogP contribution in [0.2, 0.25) is 0 Å². The van der Waals surface area contributed by atoms with Gasteiger partial charge in [0.1, 0.15) is 17.9 Å². The number of ketones is 1. The number of nitriles is 1. The van der Waals surface area contributed by atoms with Gasteiger partial charge in [-0.15, -0.1) is 0 Å². The summed E-state index contributed by atoms with van der Waals surface area (Å²) in [7, 11) is 5.62. The summed E-state index contributed by atoms with van der Waals surface area (Å²) in [6, 6.07) is 9.85. The minimum absolute atomic E-state index is 0.0274. The van der Waals surface area contributed by atoms with Crippen LogP contribution in [-0.2, 0) is 13.5 Å². The van der Waals surface area contributed by atoms with E-state index in [1.54, 1.807) is 24.0 Å². The van der Waals surface area contributed by atoms with Crippen molar-refractivity contribution in [3.63, 3.8) is 0 Å². The molecule has 2 bridgehead atoms. The van der Waals surface area contributed by atoms with Gasteiger partial charge in [-0.2, -0.15) is 10.4 Å². The van der Waals surface area contributed by atoms with Crippen molar-refractivity contribution in [3.05, 3.63) is 58.5 Å². The predicted octanol–water partition coefficient (Wildman–Crippen LogP) is 3.30. The number of rotatable bonds is 2. The summed E-state index contributed by atoms with van der Waals surface area (Å²) < 4.78 is 7.79. The molecule has 0 amide bonds. The van der Waals surface area contributed by atoms with Crippen LogP contribution < -0.4 is 10.5 Å². The van der Waals surface area contributed by atoms with Crippen LogP contribution in [0.15, 0.2) is 30.5 Å². The van der Waals surface area contributed by atoms with E-state index in [0.717, 1.165) is 11.1 Å². The van der Waals surface area contributed by atoms with E-state index in [0.29, 0.717) is 46.8 Å². The summed E-state index contributed by atoms with van der Waals surface area (Å²) in [5, 5.41) is 14.5. The smallest absolute Gasteiger partial charge is 0.168 e. The van der Waals surface area contributed by atoms with Crippen LogP contribution >= 0.6 is 0 Å². The zero-order chi connectivity index (χ0) is 23.9. The molecule has 3 aromatic rings. The van der Waals surface area contributed by atoms with Crippen LogP contribution in [0.3, 0.4) is 0 Å². The van der Waals surface area contributed by atoms with E-state index >= 15 is 0 Å². The Kier molecular flexibility index (Phi) is 5.91. The van der Waals surface area contributed by atoms with E-state index < -0.39 is 6.10 Å². The van der Waals surface area contributed by atoms with Gasteiger partial charge in [-0.3, -0.25) is 9.48 Å². The number of aromatic nitrogens is 3. The molecule has 8 heteroatoms. The quantitative estimate of drug-likeness (QED) is 0.646. The molecule has 170 valence electrons. The number of carbonyl (C=O) groups excluding carboxylic acids is 1. The molecule has 3 heterocycles. The second kappa shape index (κ2) is 8.68. The van der Waals surface area contributed by atoms with E-state index in [1.165, 1.54) is 0 Å². The molecule has 0 spiro atoms. The van der Waals surface area contributed by atoms with Crippen LogP contribution in [0.1, 0.15) is 45.9 Å². The maximum Gasteiger partial charge on any atom is 0.168 e. The normalized spacial score (nSPS) is 17.9. The number of carbonyl (C=O) groups is 1. The molecule has 1 unspecified atom stereocenters. The van der Waals surface area contributed by atoms with Gasteiger partial charge in [-0.05, 0) is 34.0 Å². The Bertz CT molecular complexity index is 1270. The molecule has 2 aromatic heterocycles. The number of nitrogen functional groups attached to an aromatic ring is 1. The Morgan fingerprint density at radius 3 is 2.79 bits per heavy atom. The topological polar surface area (TPSA) is 110 Å². The number of aryl methyl sites for hydroxylation is 2. The minimum atomic E-state index is -0.425. The summed E-state index contributed by atoms with van der Waals surface area (Å²) in [5.41, 5.74) is 11.0. The largest absolute Gasteiger partial charge is 0.482 e. The number of anilines is 1. The molecule has 33 heavy (non-hydrogen) atoms. The molecule has 2 atom stereocenters. The highest BCUT2D eigenvalue weighted by molar-refractivity contribution is 6.00. The maximum absolute atomic E-state index is 13.9. The Morgan fingerprint density at radius 2 is 2.09 bits per heavy atom. The average molecular weight is 445 g/mol. The summed E-state index contributed by atoms with van der Waals surface area (Å²) in [6.07, 6.45) is 1.59. The van der Waals surface area contributed by atoms with Crippen LogP contribution in [0.25, 0.3) is 11.1 Å². The highest BCUT2D eigenvalue weighted by atomic mass is 16.5. The Balaban J connectivity index is 1.99. The monoisotopic (exact) mass is 444 g/mol. The van der Waals surface area contributed by atoms with Gasteiger partial charge < -0.3 is 15.4 Å². The van der Waals surface area contributed by atoms with Crippen LogP contribution in [-0.4, -0.2) is 46.1 Å². The molecule has 8 nitrogen and oxygen atoms in total. The number of pyridine rings is 1. The number of hydrogen-bond acceptors (Lipinski definition) is 7. The third-order valence-electron chi connectivity index (χ3n) is 6.01. The second-order valence-corrected chi connectivity index (χ2v) is 8.89. The maximum atomic E-state index is 13.9. The van der Waals surface area contributed by atoms with Gasteiger partial charge in [-0.25, -0.2) is 4.98 Å². The fourth-order valence-corrected chi connectivity index (χ4v) is 4.47. The lowest BCUT2D eigenvalue weighted by atomic mass is 9.86. The molecule has 1 aromatic carbocycles. The van der Waals surface area contributed by atoms with Gasteiger partial charge in [-0.1, -0.05) is 23.8 Å². The molecule has 0 radical (unpaired) electrons. The van der Waals surface area contributed by atoms with E-state index in [2.05, 4.69) is 16.2 Å². The number of fused-ring (bicyclic) bond motifs is 5. The fraction of sp³-hybridized carbons (Fsp3) is 0.360. The van der Waals surface area contributed by atoms with E-state index in [9.17, 15) is 10.1 Å². The lowest BCUT2D eigenvalue weighted by molar-refractivity contribution is 0.0891. The van der Waals surface area contributed by atoms with Crippen molar-refractivity contribution in [2.24, 2.45) is 13.0 Å². The number of nitrogens with two attached hydrogens (primary N) is 1. The molecule has 1 aliphatic rings. The van der Waals surface area contributed by atoms with Gasteiger partial charge in [0.05, 0.1) is 5.69 Å². The molecule has 0 saturated heterocycles. The summed E-state index contributed by atoms with van der Waals surface area (Å²) in [4.78, 5) is 20.2. The lowest BCUT2D eigenvalue weighted by Crippen LogP contribution is -2.31. The van der Waals surface area contributed by atoms with Crippen molar-refractivity contribution in [1.82, 2.24) is 19.7 Å². The van der Waals surface area contributed by atoms with Gasteiger partial charge in [0.15, 0.2) is 17.4 Å². The van der Waals surface area contributed by atoms with E-state index in [1.807, 2.05) is 51.0 Å². The molecular formula is C25H28N6O2. The Hall–Kier alpha value is -3.70. The number of hydrogen-bond donors (Lipinski definition) is 1. The third kappa shape index (κ3) is 4.20. The SMILES string of the molecule is Cc1ccc2c(c1)[C@@H](C)Oc1cc(cnc1N)-c1c(nn(C)c1C#N)CC(CN(C)C)C2=O. The zero-order valence-electron chi connectivity index (χ0n) is 19.6. The molecule has 1 aliphatic heterocycles. The summed E-state index contributed by atoms with van der Waals surface area (Å²) in [6.45, 7) is 4.44. The van der Waals surface area contributed by atoms with Crippen molar-refractivity contribution < 1.29 is 9.53 Å². The molecule has 4 rings (SSSR count). The number of benzene rings is 1. The van der Waals surface area contributed by atoms with Crippen LogP contribution in [0, 0.1) is 24.2 Å².